The van der Waals surface area contributed by atoms with Crippen LogP contribution in [0.4, 0.5) is 0 Å². The van der Waals surface area contributed by atoms with Gasteiger partial charge in [0.25, 0.3) is 0 Å². The molecule has 0 fully saturated rings. The lowest BCUT2D eigenvalue weighted by Crippen LogP contribution is -2.10. The SMILES string of the molecule is O=S(=O)(Cc1nccn1Cc1ccccc1)c1cccs1. The van der Waals surface area contributed by atoms with E-state index in [2.05, 4.69) is 4.98 Å². The second kappa shape index (κ2) is 5.83. The lowest BCUT2D eigenvalue weighted by Gasteiger charge is -2.08. The third kappa shape index (κ3) is 3.22. The van der Waals surface area contributed by atoms with Gasteiger partial charge in [-0.3, -0.25) is 0 Å². The van der Waals surface area contributed by atoms with Crippen molar-refractivity contribution in [3.8, 4) is 0 Å². The van der Waals surface area contributed by atoms with Gasteiger partial charge in [-0.1, -0.05) is 36.4 Å². The van der Waals surface area contributed by atoms with Crippen molar-refractivity contribution in [1.82, 2.24) is 9.55 Å². The molecule has 0 radical (unpaired) electrons. The minimum atomic E-state index is -3.32. The second-order valence-electron chi connectivity index (χ2n) is 4.65. The number of rotatable bonds is 5. The van der Waals surface area contributed by atoms with E-state index >= 15 is 0 Å². The zero-order valence-electron chi connectivity index (χ0n) is 11.2. The maximum atomic E-state index is 12.3. The van der Waals surface area contributed by atoms with Crippen LogP contribution >= 0.6 is 11.3 Å². The van der Waals surface area contributed by atoms with E-state index in [4.69, 9.17) is 0 Å². The maximum absolute atomic E-state index is 12.3. The van der Waals surface area contributed by atoms with Crippen molar-refractivity contribution in [2.75, 3.05) is 0 Å². The Morgan fingerprint density at radius 2 is 1.90 bits per heavy atom. The predicted molar refractivity (Wildman–Crippen MR) is 83.0 cm³/mol. The zero-order chi connectivity index (χ0) is 14.7. The number of aromatic nitrogens is 2. The molecule has 0 aliphatic carbocycles. The fourth-order valence-electron chi connectivity index (χ4n) is 2.09. The molecule has 21 heavy (non-hydrogen) atoms. The predicted octanol–water partition coefficient (Wildman–Crippen LogP) is 2.97. The minimum absolute atomic E-state index is 0.0760. The van der Waals surface area contributed by atoms with Crippen LogP contribution in [0.5, 0.6) is 0 Å². The summed E-state index contributed by atoms with van der Waals surface area (Å²) in [5.41, 5.74) is 1.12. The molecule has 0 bridgehead atoms. The van der Waals surface area contributed by atoms with Gasteiger partial charge in [-0.2, -0.15) is 0 Å². The normalized spacial score (nSPS) is 11.6. The van der Waals surface area contributed by atoms with E-state index in [1.807, 2.05) is 41.1 Å². The summed E-state index contributed by atoms with van der Waals surface area (Å²) in [4.78, 5) is 4.20. The highest BCUT2D eigenvalue weighted by atomic mass is 32.2. The topological polar surface area (TPSA) is 52.0 Å². The van der Waals surface area contributed by atoms with Crippen LogP contribution in [-0.2, 0) is 22.1 Å². The van der Waals surface area contributed by atoms with Crippen LogP contribution in [0.2, 0.25) is 0 Å². The molecular weight excluding hydrogens is 304 g/mol. The third-order valence-electron chi connectivity index (χ3n) is 3.12. The molecule has 3 aromatic rings. The molecule has 0 aliphatic heterocycles. The van der Waals surface area contributed by atoms with Crippen molar-refractivity contribution in [2.24, 2.45) is 0 Å². The quantitative estimate of drug-likeness (QED) is 0.727. The van der Waals surface area contributed by atoms with Crippen molar-refractivity contribution < 1.29 is 8.42 Å². The Morgan fingerprint density at radius 1 is 1.10 bits per heavy atom. The fraction of sp³-hybridized carbons (Fsp3) is 0.133. The average molecular weight is 318 g/mol. The Balaban J connectivity index is 1.83. The number of thiophene rings is 1. The zero-order valence-corrected chi connectivity index (χ0v) is 12.8. The minimum Gasteiger partial charge on any atom is -0.330 e. The Bertz CT molecular complexity index is 807. The summed E-state index contributed by atoms with van der Waals surface area (Å²) in [5.74, 6) is 0.486. The summed E-state index contributed by atoms with van der Waals surface area (Å²) in [7, 11) is -3.32. The lowest BCUT2D eigenvalue weighted by atomic mass is 10.2. The molecule has 2 heterocycles. The van der Waals surface area contributed by atoms with E-state index in [0.29, 0.717) is 16.6 Å². The molecular formula is C15H14N2O2S2. The number of imidazole rings is 1. The molecule has 4 nitrogen and oxygen atoms in total. The number of hydrogen-bond acceptors (Lipinski definition) is 4. The van der Waals surface area contributed by atoms with Crippen molar-refractivity contribution in [2.45, 2.75) is 16.5 Å². The number of nitrogens with zero attached hydrogens (tertiary/aromatic N) is 2. The largest absolute Gasteiger partial charge is 0.330 e. The van der Waals surface area contributed by atoms with E-state index in [9.17, 15) is 8.42 Å². The molecule has 0 aliphatic rings. The molecule has 108 valence electrons. The molecule has 0 spiro atoms. The van der Waals surface area contributed by atoms with Crippen LogP contribution < -0.4 is 0 Å². The first-order chi connectivity index (χ1) is 10.1. The van der Waals surface area contributed by atoms with Gasteiger partial charge in [0, 0.05) is 18.9 Å². The molecule has 0 saturated carbocycles. The summed E-state index contributed by atoms with van der Waals surface area (Å²) < 4.78 is 26.9. The summed E-state index contributed by atoms with van der Waals surface area (Å²) in [5, 5.41) is 1.77. The maximum Gasteiger partial charge on any atom is 0.194 e. The van der Waals surface area contributed by atoms with Gasteiger partial charge in [-0.05, 0) is 17.0 Å². The average Bonchev–Trinajstić information content (AvgIpc) is 3.12. The van der Waals surface area contributed by atoms with Gasteiger partial charge in [0.1, 0.15) is 15.8 Å². The van der Waals surface area contributed by atoms with E-state index in [-0.39, 0.29) is 5.75 Å². The smallest absolute Gasteiger partial charge is 0.194 e. The van der Waals surface area contributed by atoms with Crippen LogP contribution in [0.3, 0.4) is 0 Å². The van der Waals surface area contributed by atoms with Crippen LogP contribution in [-0.4, -0.2) is 18.0 Å². The first kappa shape index (κ1) is 14.0. The summed E-state index contributed by atoms with van der Waals surface area (Å²) >= 11 is 1.24. The van der Waals surface area contributed by atoms with Crippen molar-refractivity contribution in [3.63, 3.8) is 0 Å². The molecule has 1 aromatic carbocycles. The van der Waals surface area contributed by atoms with Crippen LogP contribution in [0.25, 0.3) is 0 Å². The monoisotopic (exact) mass is 318 g/mol. The Kier molecular flexibility index (Phi) is 3.90. The third-order valence-corrected chi connectivity index (χ3v) is 6.22. The first-order valence-electron chi connectivity index (χ1n) is 6.45. The molecule has 2 aromatic heterocycles. The van der Waals surface area contributed by atoms with Gasteiger partial charge < -0.3 is 4.57 Å². The lowest BCUT2D eigenvalue weighted by molar-refractivity contribution is 0.593. The van der Waals surface area contributed by atoms with Crippen molar-refractivity contribution in [1.29, 1.82) is 0 Å². The highest BCUT2D eigenvalue weighted by Gasteiger charge is 2.19. The van der Waals surface area contributed by atoms with Gasteiger partial charge in [-0.25, -0.2) is 13.4 Å². The van der Waals surface area contributed by atoms with E-state index in [0.717, 1.165) is 5.56 Å². The molecule has 3 rings (SSSR count). The molecule has 6 heteroatoms. The number of hydrogen-bond donors (Lipinski definition) is 0. The molecule has 0 amide bonds. The summed E-state index contributed by atoms with van der Waals surface area (Å²) in [6.07, 6.45) is 3.45. The van der Waals surface area contributed by atoms with Gasteiger partial charge in [0.05, 0.1) is 0 Å². The van der Waals surface area contributed by atoms with E-state index < -0.39 is 9.84 Å². The van der Waals surface area contributed by atoms with Crippen LogP contribution in [0.1, 0.15) is 11.4 Å². The summed E-state index contributed by atoms with van der Waals surface area (Å²) in [6.45, 7) is 0.621. The Morgan fingerprint density at radius 3 is 2.62 bits per heavy atom. The van der Waals surface area contributed by atoms with Gasteiger partial charge in [0.2, 0.25) is 0 Å². The summed E-state index contributed by atoms with van der Waals surface area (Å²) in [6, 6.07) is 13.3. The Hall–Kier alpha value is -1.92. The highest BCUT2D eigenvalue weighted by Crippen LogP contribution is 2.20. The van der Waals surface area contributed by atoms with Crippen molar-refractivity contribution in [3.05, 3.63) is 71.6 Å². The Labute approximate surface area is 127 Å². The van der Waals surface area contributed by atoms with Gasteiger partial charge in [-0.15, -0.1) is 11.3 Å². The van der Waals surface area contributed by atoms with Crippen molar-refractivity contribution >= 4 is 21.2 Å². The first-order valence-corrected chi connectivity index (χ1v) is 8.98. The van der Waals surface area contributed by atoms with Gasteiger partial charge >= 0.3 is 0 Å². The van der Waals surface area contributed by atoms with E-state index in [1.165, 1.54) is 11.3 Å². The molecule has 0 unspecified atom stereocenters. The fourth-order valence-corrected chi connectivity index (χ4v) is 4.47. The van der Waals surface area contributed by atoms with Crippen LogP contribution in [0, 0.1) is 0 Å². The highest BCUT2D eigenvalue weighted by molar-refractivity contribution is 7.92. The standard InChI is InChI=1S/C15H14N2O2S2/c18-21(19,15-7-4-10-20-15)12-14-16-8-9-17(14)11-13-5-2-1-3-6-13/h1-10H,11-12H2. The molecule has 0 saturated heterocycles. The van der Waals surface area contributed by atoms with Crippen LogP contribution in [0.15, 0.2) is 64.4 Å². The number of benzene rings is 1. The molecule has 0 atom stereocenters. The molecule has 0 N–H and O–H groups in total. The van der Waals surface area contributed by atoms with E-state index in [1.54, 1.807) is 23.7 Å². The second-order valence-corrected chi connectivity index (χ2v) is 7.81. The van der Waals surface area contributed by atoms with Gasteiger partial charge in [0.15, 0.2) is 9.84 Å². The number of sulfone groups is 1.